The number of carbonyl (C=O) groups is 4. The van der Waals surface area contributed by atoms with E-state index in [0.29, 0.717) is 36.5 Å². The van der Waals surface area contributed by atoms with Gasteiger partial charge in [-0.05, 0) is 30.7 Å². The minimum absolute atomic E-state index is 0.117. The fraction of sp³-hybridized carbons (Fsp3) is 0.444. The van der Waals surface area contributed by atoms with Crippen molar-refractivity contribution in [2.45, 2.75) is 25.7 Å². The molecule has 3 rings (SSSR count). The number of nitrogens with one attached hydrogen (secondary N) is 1. The number of rotatable bonds is 5. The van der Waals surface area contributed by atoms with Gasteiger partial charge in [0.25, 0.3) is 0 Å². The van der Waals surface area contributed by atoms with E-state index in [0.717, 1.165) is 0 Å². The molecule has 0 aliphatic carbocycles. The lowest BCUT2D eigenvalue weighted by atomic mass is 10.1. The predicted octanol–water partition coefficient (Wildman–Crippen LogP) is 1.35. The predicted molar refractivity (Wildman–Crippen MR) is 95.5 cm³/mol. The van der Waals surface area contributed by atoms with Gasteiger partial charge in [-0.3, -0.25) is 24.1 Å². The number of imide groups is 1. The SMILES string of the molecule is O=C(NCCN1C(=O)CCCC1=O)[C@@H]1CC(=O)N(c2ccc(Cl)cc2)C1. The molecule has 2 aliphatic heterocycles. The van der Waals surface area contributed by atoms with E-state index in [1.54, 1.807) is 29.2 Å². The molecule has 1 atom stereocenters. The van der Waals surface area contributed by atoms with Crippen LogP contribution in [0.4, 0.5) is 5.69 Å². The van der Waals surface area contributed by atoms with E-state index < -0.39 is 5.92 Å². The summed E-state index contributed by atoms with van der Waals surface area (Å²) in [5, 5.41) is 3.31. The maximum absolute atomic E-state index is 12.3. The van der Waals surface area contributed by atoms with E-state index in [1.165, 1.54) is 4.90 Å². The van der Waals surface area contributed by atoms with Gasteiger partial charge in [0.05, 0.1) is 5.92 Å². The van der Waals surface area contributed by atoms with Gasteiger partial charge in [0, 0.05) is 49.6 Å². The quantitative estimate of drug-likeness (QED) is 0.785. The van der Waals surface area contributed by atoms with Gasteiger partial charge in [0.2, 0.25) is 23.6 Å². The van der Waals surface area contributed by atoms with Gasteiger partial charge in [-0.25, -0.2) is 0 Å². The molecule has 0 spiro atoms. The molecule has 0 saturated carbocycles. The zero-order valence-electron chi connectivity index (χ0n) is 14.2. The fourth-order valence-electron chi connectivity index (χ4n) is 3.24. The van der Waals surface area contributed by atoms with Crippen molar-refractivity contribution in [2.75, 3.05) is 24.5 Å². The molecular formula is C18H20ClN3O4. The first kappa shape index (κ1) is 18.4. The lowest BCUT2D eigenvalue weighted by Crippen LogP contribution is -2.45. The molecular weight excluding hydrogens is 358 g/mol. The summed E-state index contributed by atoms with van der Waals surface area (Å²) in [6.07, 6.45) is 1.46. The average Bonchev–Trinajstić information content (AvgIpc) is 3.00. The topological polar surface area (TPSA) is 86.8 Å². The van der Waals surface area contributed by atoms with E-state index >= 15 is 0 Å². The Morgan fingerprint density at radius 2 is 1.73 bits per heavy atom. The second kappa shape index (κ2) is 7.86. The number of piperidine rings is 1. The van der Waals surface area contributed by atoms with Gasteiger partial charge in [-0.2, -0.15) is 0 Å². The number of carbonyl (C=O) groups excluding carboxylic acids is 4. The van der Waals surface area contributed by atoms with Crippen molar-refractivity contribution in [1.82, 2.24) is 10.2 Å². The summed E-state index contributed by atoms with van der Waals surface area (Å²) in [6, 6.07) is 6.89. The monoisotopic (exact) mass is 377 g/mol. The second-order valence-electron chi connectivity index (χ2n) is 6.47. The van der Waals surface area contributed by atoms with Crippen LogP contribution in [0, 0.1) is 5.92 Å². The van der Waals surface area contributed by atoms with Crippen LogP contribution in [0.25, 0.3) is 0 Å². The minimum atomic E-state index is -0.453. The number of benzene rings is 1. The molecule has 4 amide bonds. The average molecular weight is 378 g/mol. The molecule has 1 aromatic rings. The van der Waals surface area contributed by atoms with Crippen LogP contribution in [-0.4, -0.2) is 48.2 Å². The minimum Gasteiger partial charge on any atom is -0.354 e. The highest BCUT2D eigenvalue weighted by Gasteiger charge is 2.35. The van der Waals surface area contributed by atoms with Gasteiger partial charge in [-0.1, -0.05) is 11.6 Å². The first-order valence-corrected chi connectivity index (χ1v) is 9.00. The maximum Gasteiger partial charge on any atom is 0.229 e. The summed E-state index contributed by atoms with van der Waals surface area (Å²) in [5.74, 6) is -1.20. The summed E-state index contributed by atoms with van der Waals surface area (Å²) >= 11 is 5.86. The highest BCUT2D eigenvalue weighted by molar-refractivity contribution is 6.30. The molecule has 2 fully saturated rings. The molecule has 2 saturated heterocycles. The third-order valence-electron chi connectivity index (χ3n) is 4.65. The molecule has 7 nitrogen and oxygen atoms in total. The third kappa shape index (κ3) is 4.04. The van der Waals surface area contributed by atoms with Gasteiger partial charge < -0.3 is 10.2 Å². The highest BCUT2D eigenvalue weighted by atomic mass is 35.5. The molecule has 0 radical (unpaired) electrons. The number of hydrogen-bond acceptors (Lipinski definition) is 4. The summed E-state index contributed by atoms with van der Waals surface area (Å²) in [5.41, 5.74) is 0.708. The van der Waals surface area contributed by atoms with Crippen molar-refractivity contribution in [1.29, 1.82) is 0 Å². The Balaban J connectivity index is 1.51. The molecule has 138 valence electrons. The number of nitrogens with zero attached hydrogens (tertiary/aromatic N) is 2. The largest absolute Gasteiger partial charge is 0.354 e. The van der Waals surface area contributed by atoms with Crippen LogP contribution in [0.1, 0.15) is 25.7 Å². The second-order valence-corrected chi connectivity index (χ2v) is 6.90. The van der Waals surface area contributed by atoms with Crippen molar-refractivity contribution in [2.24, 2.45) is 5.92 Å². The Kier molecular flexibility index (Phi) is 5.56. The van der Waals surface area contributed by atoms with Crippen molar-refractivity contribution in [3.05, 3.63) is 29.3 Å². The lowest BCUT2D eigenvalue weighted by Gasteiger charge is -2.25. The van der Waals surface area contributed by atoms with Crippen LogP contribution >= 0.6 is 11.6 Å². The molecule has 0 unspecified atom stereocenters. The van der Waals surface area contributed by atoms with Crippen LogP contribution in [0.2, 0.25) is 5.02 Å². The van der Waals surface area contributed by atoms with Crippen molar-refractivity contribution in [3.63, 3.8) is 0 Å². The number of halogens is 1. The molecule has 2 aliphatic rings. The molecule has 0 aromatic heterocycles. The number of hydrogen-bond donors (Lipinski definition) is 1. The number of likely N-dealkylation sites (tertiary alicyclic amines) is 1. The Bertz CT molecular complexity index is 718. The number of anilines is 1. The Morgan fingerprint density at radius 3 is 2.38 bits per heavy atom. The summed E-state index contributed by atoms with van der Waals surface area (Å²) < 4.78 is 0. The van der Waals surface area contributed by atoms with Crippen molar-refractivity contribution in [3.8, 4) is 0 Å². The zero-order chi connectivity index (χ0) is 18.7. The highest BCUT2D eigenvalue weighted by Crippen LogP contribution is 2.26. The van der Waals surface area contributed by atoms with E-state index in [-0.39, 0.29) is 43.1 Å². The Morgan fingerprint density at radius 1 is 1.08 bits per heavy atom. The van der Waals surface area contributed by atoms with E-state index in [2.05, 4.69) is 5.32 Å². The molecule has 1 aromatic carbocycles. The molecule has 0 bridgehead atoms. The van der Waals surface area contributed by atoms with Crippen molar-refractivity contribution < 1.29 is 19.2 Å². The summed E-state index contributed by atoms with van der Waals surface area (Å²) in [4.78, 5) is 50.8. The Labute approximate surface area is 156 Å². The van der Waals surface area contributed by atoms with Crippen LogP contribution < -0.4 is 10.2 Å². The van der Waals surface area contributed by atoms with Gasteiger partial charge >= 0.3 is 0 Å². The first-order chi connectivity index (χ1) is 12.5. The van der Waals surface area contributed by atoms with Gasteiger partial charge in [0.1, 0.15) is 0 Å². The van der Waals surface area contributed by atoms with Gasteiger partial charge in [0.15, 0.2) is 0 Å². The number of amides is 4. The van der Waals surface area contributed by atoms with E-state index in [9.17, 15) is 19.2 Å². The first-order valence-electron chi connectivity index (χ1n) is 8.62. The molecule has 8 heteroatoms. The molecule has 26 heavy (non-hydrogen) atoms. The standard InChI is InChI=1S/C18H20ClN3O4/c19-13-4-6-14(7-5-13)22-11-12(10-17(22)25)18(26)20-8-9-21-15(23)2-1-3-16(21)24/h4-7,12H,1-3,8-11H2,(H,20,26)/t12-/m1/s1. The van der Waals surface area contributed by atoms with E-state index in [1.807, 2.05) is 0 Å². The smallest absolute Gasteiger partial charge is 0.229 e. The van der Waals surface area contributed by atoms with Crippen LogP contribution in [0.15, 0.2) is 24.3 Å². The maximum atomic E-state index is 12.3. The fourth-order valence-corrected chi connectivity index (χ4v) is 3.36. The molecule has 2 heterocycles. The summed E-state index contributed by atoms with van der Waals surface area (Å²) in [7, 11) is 0. The molecule has 1 N–H and O–H groups in total. The van der Waals surface area contributed by atoms with Crippen LogP contribution in [0.5, 0.6) is 0 Å². The van der Waals surface area contributed by atoms with Crippen LogP contribution in [-0.2, 0) is 19.2 Å². The summed E-state index contributed by atoms with van der Waals surface area (Å²) in [6.45, 7) is 0.667. The lowest BCUT2D eigenvalue weighted by molar-refractivity contribution is -0.148. The van der Waals surface area contributed by atoms with Gasteiger partial charge in [-0.15, -0.1) is 0 Å². The Hall–Kier alpha value is -2.41. The normalized spacial score (nSPS) is 20.7. The third-order valence-corrected chi connectivity index (χ3v) is 4.90. The van der Waals surface area contributed by atoms with Crippen LogP contribution in [0.3, 0.4) is 0 Å². The van der Waals surface area contributed by atoms with Crippen molar-refractivity contribution >= 4 is 40.9 Å². The zero-order valence-corrected chi connectivity index (χ0v) is 15.0. The van der Waals surface area contributed by atoms with E-state index in [4.69, 9.17) is 11.6 Å².